The van der Waals surface area contributed by atoms with Gasteiger partial charge >= 0.3 is 0 Å². The van der Waals surface area contributed by atoms with Crippen molar-refractivity contribution in [3.05, 3.63) is 29.8 Å². The van der Waals surface area contributed by atoms with Gasteiger partial charge in [-0.1, -0.05) is 18.2 Å². The summed E-state index contributed by atoms with van der Waals surface area (Å²) in [4.78, 5) is 19.6. The van der Waals surface area contributed by atoms with Crippen LogP contribution in [0.15, 0.2) is 34.3 Å². The molecule has 0 saturated carbocycles. The van der Waals surface area contributed by atoms with Crippen molar-refractivity contribution in [2.24, 2.45) is 4.99 Å². The van der Waals surface area contributed by atoms with Gasteiger partial charge in [0.05, 0.1) is 11.1 Å². The number of thioether (sulfide) groups is 2. The number of fused-ring (bicyclic) bond motifs is 3. The van der Waals surface area contributed by atoms with E-state index >= 15 is 0 Å². The highest BCUT2D eigenvalue weighted by atomic mass is 32.2. The molecular formula is C14H14N2OS2. The van der Waals surface area contributed by atoms with E-state index in [1.54, 1.807) is 30.4 Å². The SMILES string of the molecule is CSC1=N[C@@H](CC(C)=O)c2c([nH]c3ccccc23)S1. The summed E-state index contributed by atoms with van der Waals surface area (Å²) in [6.07, 6.45) is 2.49. The van der Waals surface area contributed by atoms with Crippen LogP contribution in [0.25, 0.3) is 10.9 Å². The summed E-state index contributed by atoms with van der Waals surface area (Å²) in [5, 5.41) is 2.31. The molecule has 3 nitrogen and oxygen atoms in total. The van der Waals surface area contributed by atoms with Crippen LogP contribution < -0.4 is 0 Å². The van der Waals surface area contributed by atoms with E-state index in [0.29, 0.717) is 6.42 Å². The summed E-state index contributed by atoms with van der Waals surface area (Å²) in [7, 11) is 0. The van der Waals surface area contributed by atoms with E-state index < -0.39 is 0 Å². The van der Waals surface area contributed by atoms with Gasteiger partial charge in [-0.15, -0.1) is 11.8 Å². The van der Waals surface area contributed by atoms with Gasteiger partial charge in [-0.25, -0.2) is 0 Å². The average Bonchev–Trinajstić information content (AvgIpc) is 2.76. The van der Waals surface area contributed by atoms with E-state index in [1.807, 2.05) is 18.4 Å². The molecule has 0 spiro atoms. The van der Waals surface area contributed by atoms with Crippen LogP contribution in [-0.4, -0.2) is 21.4 Å². The quantitative estimate of drug-likeness (QED) is 0.908. The van der Waals surface area contributed by atoms with E-state index in [0.717, 1.165) is 14.9 Å². The van der Waals surface area contributed by atoms with Gasteiger partial charge in [-0.05, 0) is 31.0 Å². The van der Waals surface area contributed by atoms with Crippen molar-refractivity contribution in [2.75, 3.05) is 6.26 Å². The number of hydrogen-bond acceptors (Lipinski definition) is 4. The first-order chi connectivity index (χ1) is 9.19. The molecule has 0 radical (unpaired) electrons. The van der Waals surface area contributed by atoms with Gasteiger partial charge in [0.25, 0.3) is 0 Å². The van der Waals surface area contributed by atoms with Crippen LogP contribution in [-0.2, 0) is 4.79 Å². The lowest BCUT2D eigenvalue weighted by atomic mass is 10.0. The summed E-state index contributed by atoms with van der Waals surface area (Å²) >= 11 is 3.29. The Balaban J connectivity index is 2.15. The molecule has 1 aliphatic rings. The zero-order valence-corrected chi connectivity index (χ0v) is 12.4. The van der Waals surface area contributed by atoms with Crippen molar-refractivity contribution >= 4 is 44.6 Å². The molecule has 19 heavy (non-hydrogen) atoms. The maximum Gasteiger partial charge on any atom is 0.132 e. The summed E-state index contributed by atoms with van der Waals surface area (Å²) in [5.41, 5.74) is 2.29. The zero-order chi connectivity index (χ0) is 13.4. The molecule has 2 heterocycles. The Hall–Kier alpha value is -1.20. The number of hydrogen-bond donors (Lipinski definition) is 1. The number of Topliss-reactive ketones (excluding diaryl/α,β-unsaturated/α-hetero) is 1. The fourth-order valence-electron chi connectivity index (χ4n) is 2.37. The van der Waals surface area contributed by atoms with Gasteiger partial charge in [-0.3, -0.25) is 9.79 Å². The molecule has 0 saturated heterocycles. The molecule has 3 rings (SSSR count). The fraction of sp³-hybridized carbons (Fsp3) is 0.286. The fourth-order valence-corrected chi connectivity index (χ4v) is 4.06. The lowest BCUT2D eigenvalue weighted by Gasteiger charge is -2.19. The number of aromatic amines is 1. The maximum atomic E-state index is 11.5. The van der Waals surface area contributed by atoms with Crippen LogP contribution in [0.4, 0.5) is 0 Å². The van der Waals surface area contributed by atoms with Crippen LogP contribution in [0.3, 0.4) is 0 Å². The number of para-hydroxylation sites is 1. The van der Waals surface area contributed by atoms with E-state index in [4.69, 9.17) is 4.99 Å². The molecule has 0 unspecified atom stereocenters. The predicted octanol–water partition coefficient (Wildman–Crippen LogP) is 4.01. The first-order valence-corrected chi connectivity index (χ1v) is 8.13. The third-order valence-corrected chi connectivity index (χ3v) is 5.16. The molecule has 0 amide bonds. The molecule has 1 aliphatic heterocycles. The van der Waals surface area contributed by atoms with Gasteiger partial charge in [0, 0.05) is 22.9 Å². The summed E-state index contributed by atoms with van der Waals surface area (Å²) in [5.74, 6) is 0.178. The summed E-state index contributed by atoms with van der Waals surface area (Å²) in [6.45, 7) is 1.63. The van der Waals surface area contributed by atoms with Crippen molar-refractivity contribution in [3.63, 3.8) is 0 Å². The van der Waals surface area contributed by atoms with Gasteiger partial charge in [0.1, 0.15) is 10.2 Å². The monoisotopic (exact) mass is 290 g/mol. The Labute approximate surface area is 120 Å². The van der Waals surface area contributed by atoms with E-state index in [-0.39, 0.29) is 11.8 Å². The smallest absolute Gasteiger partial charge is 0.132 e. The highest BCUT2D eigenvalue weighted by molar-refractivity contribution is 8.38. The average molecular weight is 290 g/mol. The Kier molecular flexibility index (Phi) is 3.41. The summed E-state index contributed by atoms with van der Waals surface area (Å²) < 4.78 is 1.02. The van der Waals surface area contributed by atoms with E-state index in [9.17, 15) is 4.79 Å². The standard InChI is InChI=1S/C14H14N2OS2/c1-8(17)7-11-12-9-5-3-4-6-10(9)15-13(12)19-14(16-11)18-2/h3-6,11,15H,7H2,1-2H3/t11-/m0/s1. The first kappa shape index (κ1) is 12.8. The molecule has 1 N–H and O–H groups in total. The van der Waals surface area contributed by atoms with Gasteiger partial charge < -0.3 is 4.98 Å². The molecule has 0 aliphatic carbocycles. The third-order valence-electron chi connectivity index (χ3n) is 3.15. The molecule has 1 atom stereocenters. The molecule has 0 bridgehead atoms. The number of carbonyl (C=O) groups is 1. The second-order valence-corrected chi connectivity index (χ2v) is 6.59. The molecule has 1 aromatic carbocycles. The number of rotatable bonds is 2. The van der Waals surface area contributed by atoms with Crippen molar-refractivity contribution in [2.45, 2.75) is 24.4 Å². The molecule has 2 aromatic rings. The third kappa shape index (κ3) is 2.32. The maximum absolute atomic E-state index is 11.5. The Morgan fingerprint density at radius 1 is 1.47 bits per heavy atom. The van der Waals surface area contributed by atoms with Gasteiger partial charge in [0.2, 0.25) is 0 Å². The van der Waals surface area contributed by atoms with Crippen molar-refractivity contribution in [1.82, 2.24) is 4.98 Å². The predicted molar refractivity (Wildman–Crippen MR) is 83.1 cm³/mol. The second kappa shape index (κ2) is 5.06. The highest BCUT2D eigenvalue weighted by Crippen LogP contribution is 2.43. The number of benzene rings is 1. The number of ketones is 1. The lowest BCUT2D eigenvalue weighted by molar-refractivity contribution is -0.117. The molecule has 0 fully saturated rings. The number of aromatic nitrogens is 1. The number of nitrogens with zero attached hydrogens (tertiary/aromatic N) is 1. The van der Waals surface area contributed by atoms with E-state index in [1.165, 1.54) is 10.9 Å². The Morgan fingerprint density at radius 3 is 3.00 bits per heavy atom. The molecular weight excluding hydrogens is 276 g/mol. The van der Waals surface area contributed by atoms with Crippen molar-refractivity contribution in [1.29, 1.82) is 0 Å². The van der Waals surface area contributed by atoms with Crippen LogP contribution in [0, 0.1) is 0 Å². The number of H-pyrrole nitrogens is 1. The lowest BCUT2D eigenvalue weighted by Crippen LogP contribution is -2.08. The first-order valence-electron chi connectivity index (χ1n) is 6.08. The normalized spacial score (nSPS) is 18.2. The topological polar surface area (TPSA) is 45.2 Å². The minimum Gasteiger partial charge on any atom is -0.349 e. The van der Waals surface area contributed by atoms with Gasteiger partial charge in [0.15, 0.2) is 0 Å². The van der Waals surface area contributed by atoms with Crippen LogP contribution in [0.1, 0.15) is 24.9 Å². The number of carbonyl (C=O) groups excluding carboxylic acids is 1. The van der Waals surface area contributed by atoms with Crippen molar-refractivity contribution < 1.29 is 4.79 Å². The number of nitrogens with one attached hydrogen (secondary N) is 1. The van der Waals surface area contributed by atoms with E-state index in [2.05, 4.69) is 17.1 Å². The highest BCUT2D eigenvalue weighted by Gasteiger charge is 2.27. The largest absolute Gasteiger partial charge is 0.349 e. The molecule has 1 aromatic heterocycles. The molecule has 98 valence electrons. The van der Waals surface area contributed by atoms with Crippen molar-refractivity contribution in [3.8, 4) is 0 Å². The summed E-state index contributed by atoms with van der Waals surface area (Å²) in [6, 6.07) is 8.16. The zero-order valence-electron chi connectivity index (χ0n) is 10.8. The number of aliphatic imine (C=N–C) groups is 1. The van der Waals surface area contributed by atoms with Crippen LogP contribution in [0.2, 0.25) is 0 Å². The Morgan fingerprint density at radius 2 is 2.26 bits per heavy atom. The second-order valence-electron chi connectivity index (χ2n) is 4.54. The molecule has 5 heteroatoms. The van der Waals surface area contributed by atoms with Crippen LogP contribution >= 0.6 is 23.5 Å². The van der Waals surface area contributed by atoms with Gasteiger partial charge in [-0.2, -0.15) is 0 Å². The minimum atomic E-state index is -0.0488. The van der Waals surface area contributed by atoms with Crippen LogP contribution in [0.5, 0.6) is 0 Å². The minimum absolute atomic E-state index is 0.0488. The Bertz CT molecular complexity index is 675.